The molecule has 134 valence electrons. The van der Waals surface area contributed by atoms with E-state index in [4.69, 9.17) is 4.74 Å². The maximum absolute atomic E-state index is 12.6. The smallest absolute Gasteiger partial charge is 0.291 e. The van der Waals surface area contributed by atoms with Crippen molar-refractivity contribution in [3.05, 3.63) is 85.9 Å². The zero-order valence-corrected chi connectivity index (χ0v) is 15.7. The summed E-state index contributed by atoms with van der Waals surface area (Å²) in [5.74, 6) is 1.24. The van der Waals surface area contributed by atoms with Crippen LogP contribution in [0.25, 0.3) is 23.2 Å². The SMILES string of the molecule is COc1ccccc1C=c1sc2nc(C=Cc3ccc(C)cc3)nn2c1=O. The number of benzene rings is 2. The average molecular weight is 375 g/mol. The van der Waals surface area contributed by atoms with Gasteiger partial charge in [0, 0.05) is 5.56 Å². The van der Waals surface area contributed by atoms with Gasteiger partial charge in [-0.15, -0.1) is 5.10 Å². The molecular formula is C21H17N3O2S. The minimum atomic E-state index is -0.177. The summed E-state index contributed by atoms with van der Waals surface area (Å²) in [6.07, 6.45) is 5.56. The van der Waals surface area contributed by atoms with Crippen molar-refractivity contribution in [2.24, 2.45) is 0 Å². The van der Waals surface area contributed by atoms with Crippen molar-refractivity contribution in [3.8, 4) is 5.75 Å². The summed E-state index contributed by atoms with van der Waals surface area (Å²) in [5, 5.41) is 4.32. The summed E-state index contributed by atoms with van der Waals surface area (Å²) in [4.78, 5) is 17.6. The second kappa shape index (κ2) is 7.17. The van der Waals surface area contributed by atoms with Crippen molar-refractivity contribution < 1.29 is 4.74 Å². The van der Waals surface area contributed by atoms with Crippen LogP contribution in [0.4, 0.5) is 0 Å². The van der Waals surface area contributed by atoms with Gasteiger partial charge >= 0.3 is 0 Å². The monoisotopic (exact) mass is 375 g/mol. The molecule has 0 saturated heterocycles. The standard InChI is InChI=1S/C21H17N3O2S/c1-14-7-9-15(10-8-14)11-12-19-22-21-24(23-19)20(25)18(27-21)13-16-5-3-4-6-17(16)26-2/h3-13H,1-2H3. The van der Waals surface area contributed by atoms with Crippen LogP contribution in [-0.4, -0.2) is 21.7 Å². The Morgan fingerprint density at radius 3 is 2.59 bits per heavy atom. The molecule has 27 heavy (non-hydrogen) atoms. The summed E-state index contributed by atoms with van der Waals surface area (Å²) in [6, 6.07) is 15.7. The van der Waals surface area contributed by atoms with Gasteiger partial charge in [-0.3, -0.25) is 4.79 Å². The fraction of sp³-hybridized carbons (Fsp3) is 0.0952. The summed E-state index contributed by atoms with van der Waals surface area (Å²) < 4.78 is 7.26. The molecule has 4 rings (SSSR count). The van der Waals surface area contributed by atoms with Crippen molar-refractivity contribution in [1.82, 2.24) is 14.6 Å². The predicted octanol–water partition coefficient (Wildman–Crippen LogP) is 3.19. The van der Waals surface area contributed by atoms with Crippen molar-refractivity contribution in [3.63, 3.8) is 0 Å². The summed E-state index contributed by atoms with van der Waals surface area (Å²) in [5.41, 5.74) is 2.94. The molecule has 4 aromatic rings. The molecular weight excluding hydrogens is 358 g/mol. The van der Waals surface area contributed by atoms with Gasteiger partial charge in [-0.2, -0.15) is 9.50 Å². The Morgan fingerprint density at radius 2 is 1.85 bits per heavy atom. The molecule has 0 bridgehead atoms. The second-order valence-electron chi connectivity index (χ2n) is 6.07. The molecule has 0 saturated carbocycles. The molecule has 5 nitrogen and oxygen atoms in total. The van der Waals surface area contributed by atoms with Crippen LogP contribution in [0, 0.1) is 6.92 Å². The van der Waals surface area contributed by atoms with Crippen LogP contribution in [0.3, 0.4) is 0 Å². The van der Waals surface area contributed by atoms with Gasteiger partial charge in [0.2, 0.25) is 4.96 Å². The van der Waals surface area contributed by atoms with E-state index in [1.54, 1.807) is 7.11 Å². The molecule has 2 aromatic heterocycles. The highest BCUT2D eigenvalue weighted by Crippen LogP contribution is 2.18. The van der Waals surface area contributed by atoms with Gasteiger partial charge in [-0.1, -0.05) is 65.4 Å². The Morgan fingerprint density at radius 1 is 1.07 bits per heavy atom. The van der Waals surface area contributed by atoms with Crippen molar-refractivity contribution >= 4 is 34.5 Å². The molecule has 0 aliphatic rings. The Hall–Kier alpha value is -3.25. The van der Waals surface area contributed by atoms with E-state index in [0.29, 0.717) is 15.3 Å². The zero-order valence-electron chi connectivity index (χ0n) is 14.9. The van der Waals surface area contributed by atoms with E-state index in [9.17, 15) is 4.79 Å². The number of thiazole rings is 1. The van der Waals surface area contributed by atoms with Crippen LogP contribution in [0.1, 0.15) is 22.5 Å². The number of nitrogens with zero attached hydrogens (tertiary/aromatic N) is 3. The molecule has 0 amide bonds. The Bertz CT molecular complexity index is 1240. The van der Waals surface area contributed by atoms with Crippen molar-refractivity contribution in [1.29, 1.82) is 0 Å². The normalized spacial score (nSPS) is 12.3. The molecule has 6 heteroatoms. The van der Waals surface area contributed by atoms with Crippen LogP contribution in [0.2, 0.25) is 0 Å². The van der Waals surface area contributed by atoms with Gasteiger partial charge in [0.25, 0.3) is 5.56 Å². The molecule has 0 unspecified atom stereocenters. The molecule has 0 radical (unpaired) electrons. The third-order valence-corrected chi connectivity index (χ3v) is 5.09. The zero-order chi connectivity index (χ0) is 18.8. The van der Waals surface area contributed by atoms with Gasteiger partial charge < -0.3 is 4.74 Å². The highest BCUT2D eigenvalue weighted by molar-refractivity contribution is 7.15. The van der Waals surface area contributed by atoms with E-state index in [-0.39, 0.29) is 5.56 Å². The number of methoxy groups -OCH3 is 1. The van der Waals surface area contributed by atoms with Crippen molar-refractivity contribution in [2.75, 3.05) is 7.11 Å². The first kappa shape index (κ1) is 17.2. The first-order valence-electron chi connectivity index (χ1n) is 8.43. The van der Waals surface area contributed by atoms with E-state index in [1.165, 1.54) is 21.4 Å². The third-order valence-electron chi connectivity index (χ3n) is 4.13. The number of ether oxygens (including phenoxy) is 1. The second-order valence-corrected chi connectivity index (χ2v) is 7.08. The average Bonchev–Trinajstić information content (AvgIpc) is 3.21. The third kappa shape index (κ3) is 3.52. The number of para-hydroxylation sites is 1. The van der Waals surface area contributed by atoms with Gasteiger partial charge in [0.15, 0.2) is 5.82 Å². The first-order chi connectivity index (χ1) is 13.1. The molecule has 2 heterocycles. The highest BCUT2D eigenvalue weighted by atomic mass is 32.1. The van der Waals surface area contributed by atoms with Gasteiger partial charge in [-0.05, 0) is 30.7 Å². The molecule has 0 aliphatic heterocycles. The lowest BCUT2D eigenvalue weighted by atomic mass is 10.1. The number of fused-ring (bicyclic) bond motifs is 1. The highest BCUT2D eigenvalue weighted by Gasteiger charge is 2.09. The molecule has 0 N–H and O–H groups in total. The Labute approximate surface area is 159 Å². The van der Waals surface area contributed by atoms with Gasteiger partial charge in [0.05, 0.1) is 11.6 Å². The molecule has 2 aromatic carbocycles. The lowest BCUT2D eigenvalue weighted by Gasteiger charge is -2.02. The summed E-state index contributed by atoms with van der Waals surface area (Å²) >= 11 is 1.31. The molecule has 0 spiro atoms. The van der Waals surface area contributed by atoms with Crippen LogP contribution in [0.5, 0.6) is 5.75 Å². The largest absolute Gasteiger partial charge is 0.496 e. The van der Waals surface area contributed by atoms with Gasteiger partial charge in [-0.25, -0.2) is 0 Å². The minimum Gasteiger partial charge on any atom is -0.496 e. The quantitative estimate of drug-likeness (QED) is 0.550. The van der Waals surface area contributed by atoms with Crippen LogP contribution < -0.4 is 14.8 Å². The predicted molar refractivity (Wildman–Crippen MR) is 109 cm³/mol. The topological polar surface area (TPSA) is 56.5 Å². The molecule has 0 aliphatic carbocycles. The maximum Gasteiger partial charge on any atom is 0.291 e. The number of aromatic nitrogens is 3. The maximum atomic E-state index is 12.6. The van der Waals surface area contributed by atoms with E-state index >= 15 is 0 Å². The fourth-order valence-electron chi connectivity index (χ4n) is 2.69. The van der Waals surface area contributed by atoms with E-state index < -0.39 is 0 Å². The number of aryl methyl sites for hydroxylation is 1. The summed E-state index contributed by atoms with van der Waals surface area (Å²) in [7, 11) is 1.61. The van der Waals surface area contributed by atoms with E-state index in [0.717, 1.165) is 16.9 Å². The number of hydrogen-bond donors (Lipinski definition) is 0. The number of hydrogen-bond acceptors (Lipinski definition) is 5. The van der Waals surface area contributed by atoms with Gasteiger partial charge in [0.1, 0.15) is 5.75 Å². The van der Waals surface area contributed by atoms with Crippen LogP contribution in [0.15, 0.2) is 53.3 Å². The van der Waals surface area contributed by atoms with Crippen LogP contribution in [-0.2, 0) is 0 Å². The van der Waals surface area contributed by atoms with Crippen LogP contribution >= 0.6 is 11.3 Å². The minimum absolute atomic E-state index is 0.177. The molecule has 0 fully saturated rings. The molecule has 0 atom stereocenters. The van der Waals surface area contributed by atoms with E-state index in [1.807, 2.05) is 61.5 Å². The lowest BCUT2D eigenvalue weighted by Crippen LogP contribution is -2.23. The first-order valence-corrected chi connectivity index (χ1v) is 9.25. The van der Waals surface area contributed by atoms with E-state index in [2.05, 4.69) is 22.2 Å². The Kier molecular flexibility index (Phi) is 4.56. The fourth-order valence-corrected chi connectivity index (χ4v) is 3.60. The summed E-state index contributed by atoms with van der Waals surface area (Å²) in [6.45, 7) is 2.05. The Balaban J connectivity index is 1.68. The lowest BCUT2D eigenvalue weighted by molar-refractivity contribution is 0.414. The number of rotatable bonds is 4. The van der Waals surface area contributed by atoms with Crippen molar-refractivity contribution in [2.45, 2.75) is 6.92 Å².